The second-order valence-corrected chi connectivity index (χ2v) is 3.85. The van der Waals surface area contributed by atoms with Crippen molar-refractivity contribution in [3.63, 3.8) is 0 Å². The smallest absolute Gasteiger partial charge is 0.337 e. The maximum absolute atomic E-state index is 11.6. The van der Waals surface area contributed by atoms with Crippen LogP contribution in [-0.2, 0) is 4.79 Å². The zero-order valence-corrected chi connectivity index (χ0v) is 10.4. The summed E-state index contributed by atoms with van der Waals surface area (Å²) >= 11 is 0. The molecular formula is C14H11N3O3. The Morgan fingerprint density at radius 3 is 2.65 bits per heavy atom. The molecule has 0 saturated heterocycles. The summed E-state index contributed by atoms with van der Waals surface area (Å²) in [4.78, 5) is 30.0. The highest BCUT2D eigenvalue weighted by Crippen LogP contribution is 2.05. The van der Waals surface area contributed by atoms with Gasteiger partial charge in [0.2, 0.25) is 5.91 Å². The fraction of sp³-hybridized carbons (Fsp3) is 0. The summed E-state index contributed by atoms with van der Waals surface area (Å²) < 4.78 is 0. The van der Waals surface area contributed by atoms with Gasteiger partial charge in [0.1, 0.15) is 5.82 Å². The Balaban J connectivity index is 1.98. The van der Waals surface area contributed by atoms with Crippen molar-refractivity contribution in [1.82, 2.24) is 9.97 Å². The third-order valence-corrected chi connectivity index (χ3v) is 2.37. The first-order chi connectivity index (χ1) is 9.65. The molecule has 100 valence electrons. The van der Waals surface area contributed by atoms with Crippen LogP contribution >= 0.6 is 0 Å². The number of carbonyl (C=O) groups is 2. The zero-order valence-electron chi connectivity index (χ0n) is 10.4. The lowest BCUT2D eigenvalue weighted by Gasteiger charge is -2.01. The molecule has 6 heteroatoms. The largest absolute Gasteiger partial charge is 0.478 e. The molecule has 0 spiro atoms. The number of carbonyl (C=O) groups excluding carboxylic acids is 1. The number of pyridine rings is 2. The molecular weight excluding hydrogens is 258 g/mol. The number of anilines is 1. The quantitative estimate of drug-likeness (QED) is 0.826. The summed E-state index contributed by atoms with van der Waals surface area (Å²) in [6.45, 7) is 0. The second kappa shape index (κ2) is 6.24. The van der Waals surface area contributed by atoms with Gasteiger partial charge in [-0.25, -0.2) is 9.78 Å². The minimum absolute atomic E-state index is 0.0638. The number of nitrogens with one attached hydrogen (secondary N) is 1. The average Bonchev–Trinajstić information content (AvgIpc) is 2.47. The van der Waals surface area contributed by atoms with Crippen molar-refractivity contribution in [2.45, 2.75) is 0 Å². The van der Waals surface area contributed by atoms with Gasteiger partial charge in [-0.05, 0) is 29.8 Å². The first-order valence-electron chi connectivity index (χ1n) is 5.73. The van der Waals surface area contributed by atoms with Crippen molar-refractivity contribution < 1.29 is 14.7 Å². The van der Waals surface area contributed by atoms with Crippen LogP contribution in [0.25, 0.3) is 6.08 Å². The van der Waals surface area contributed by atoms with Crippen molar-refractivity contribution in [2.24, 2.45) is 0 Å². The van der Waals surface area contributed by atoms with Gasteiger partial charge in [-0.3, -0.25) is 9.78 Å². The highest BCUT2D eigenvalue weighted by atomic mass is 16.4. The Morgan fingerprint density at radius 1 is 1.20 bits per heavy atom. The van der Waals surface area contributed by atoms with Gasteiger partial charge in [0.25, 0.3) is 0 Å². The van der Waals surface area contributed by atoms with E-state index in [1.807, 2.05) is 6.07 Å². The van der Waals surface area contributed by atoms with Crippen LogP contribution in [0.4, 0.5) is 5.82 Å². The molecule has 2 rings (SSSR count). The second-order valence-electron chi connectivity index (χ2n) is 3.85. The molecule has 2 N–H and O–H groups in total. The van der Waals surface area contributed by atoms with Crippen LogP contribution in [0.2, 0.25) is 0 Å². The molecule has 0 saturated carbocycles. The number of aromatic nitrogens is 2. The molecule has 20 heavy (non-hydrogen) atoms. The van der Waals surface area contributed by atoms with E-state index in [0.29, 0.717) is 0 Å². The monoisotopic (exact) mass is 269 g/mol. The fourth-order valence-electron chi connectivity index (χ4n) is 1.41. The van der Waals surface area contributed by atoms with E-state index in [-0.39, 0.29) is 17.3 Å². The minimum atomic E-state index is -1.06. The summed E-state index contributed by atoms with van der Waals surface area (Å²) in [5, 5.41) is 11.3. The summed E-state index contributed by atoms with van der Waals surface area (Å²) in [7, 11) is 0. The maximum Gasteiger partial charge on any atom is 0.337 e. The summed E-state index contributed by atoms with van der Waals surface area (Å²) in [5.41, 5.74) is 0.866. The van der Waals surface area contributed by atoms with E-state index in [9.17, 15) is 9.59 Å². The van der Waals surface area contributed by atoms with Gasteiger partial charge in [0.15, 0.2) is 0 Å². The highest BCUT2D eigenvalue weighted by Gasteiger charge is 2.04. The third-order valence-electron chi connectivity index (χ3n) is 2.37. The number of aromatic carboxylic acids is 1. The van der Waals surface area contributed by atoms with Crippen LogP contribution in [0.3, 0.4) is 0 Å². The molecule has 0 aliphatic heterocycles. The van der Waals surface area contributed by atoms with Crippen molar-refractivity contribution in [3.05, 3.63) is 60.1 Å². The van der Waals surface area contributed by atoms with Gasteiger partial charge in [-0.1, -0.05) is 6.07 Å². The Morgan fingerprint density at radius 2 is 2.05 bits per heavy atom. The Kier molecular flexibility index (Phi) is 4.18. The van der Waals surface area contributed by atoms with Crippen LogP contribution in [-0.4, -0.2) is 27.0 Å². The molecule has 6 nitrogen and oxygen atoms in total. The molecule has 0 radical (unpaired) electrons. The van der Waals surface area contributed by atoms with Crippen molar-refractivity contribution >= 4 is 23.8 Å². The van der Waals surface area contributed by atoms with E-state index >= 15 is 0 Å². The fourth-order valence-corrected chi connectivity index (χ4v) is 1.41. The highest BCUT2D eigenvalue weighted by molar-refractivity contribution is 6.01. The van der Waals surface area contributed by atoms with E-state index in [1.54, 1.807) is 24.5 Å². The molecule has 1 amide bonds. The van der Waals surface area contributed by atoms with Crippen LogP contribution < -0.4 is 5.32 Å². The molecule has 2 heterocycles. The van der Waals surface area contributed by atoms with Gasteiger partial charge in [0, 0.05) is 24.7 Å². The predicted octanol–water partition coefficient (Wildman–Crippen LogP) is 1.83. The van der Waals surface area contributed by atoms with Gasteiger partial charge in [-0.15, -0.1) is 0 Å². The minimum Gasteiger partial charge on any atom is -0.478 e. The number of hydrogen-bond donors (Lipinski definition) is 2. The van der Waals surface area contributed by atoms with Crippen LogP contribution in [0.5, 0.6) is 0 Å². The van der Waals surface area contributed by atoms with Crippen LogP contribution in [0, 0.1) is 0 Å². The first-order valence-corrected chi connectivity index (χ1v) is 5.73. The van der Waals surface area contributed by atoms with Crippen LogP contribution in [0.15, 0.2) is 48.9 Å². The van der Waals surface area contributed by atoms with E-state index in [0.717, 1.165) is 5.56 Å². The van der Waals surface area contributed by atoms with Gasteiger partial charge >= 0.3 is 5.97 Å². The van der Waals surface area contributed by atoms with Crippen molar-refractivity contribution in [2.75, 3.05) is 5.32 Å². The van der Waals surface area contributed by atoms with Gasteiger partial charge < -0.3 is 10.4 Å². The lowest BCUT2D eigenvalue weighted by molar-refractivity contribution is -0.111. The molecule has 0 aromatic carbocycles. The van der Waals surface area contributed by atoms with E-state index in [1.165, 1.54) is 24.4 Å². The van der Waals surface area contributed by atoms with Gasteiger partial charge in [-0.2, -0.15) is 0 Å². The topological polar surface area (TPSA) is 92.2 Å². The summed E-state index contributed by atoms with van der Waals surface area (Å²) in [6.07, 6.45) is 7.43. The normalized spacial score (nSPS) is 10.4. The zero-order chi connectivity index (χ0) is 14.4. The number of hydrogen-bond acceptors (Lipinski definition) is 4. The molecule has 2 aromatic rings. The SMILES string of the molecule is O=C(/C=C/c1cccnc1)Nc1ccc(C(=O)O)cn1. The van der Waals surface area contributed by atoms with Gasteiger partial charge in [0.05, 0.1) is 5.56 Å². The average molecular weight is 269 g/mol. The van der Waals surface area contributed by atoms with E-state index in [2.05, 4.69) is 15.3 Å². The number of carboxylic acid groups (broad SMARTS) is 1. The molecule has 0 atom stereocenters. The molecule has 0 fully saturated rings. The molecule has 0 aliphatic carbocycles. The molecule has 0 aliphatic rings. The van der Waals surface area contributed by atoms with Crippen molar-refractivity contribution in [3.8, 4) is 0 Å². The molecule has 0 unspecified atom stereocenters. The number of nitrogens with zero attached hydrogens (tertiary/aromatic N) is 2. The predicted molar refractivity (Wildman–Crippen MR) is 73.1 cm³/mol. The standard InChI is InChI=1S/C14H11N3O3/c18-13(6-3-10-2-1-7-15-8-10)17-12-5-4-11(9-16-12)14(19)20/h1-9H,(H,19,20)(H,16,17,18)/b6-3+. The number of carboxylic acids is 1. The van der Waals surface area contributed by atoms with E-state index in [4.69, 9.17) is 5.11 Å². The van der Waals surface area contributed by atoms with Crippen LogP contribution in [0.1, 0.15) is 15.9 Å². The number of amides is 1. The maximum atomic E-state index is 11.6. The Bertz CT molecular complexity index is 636. The Hall–Kier alpha value is -3.02. The molecule has 2 aromatic heterocycles. The third kappa shape index (κ3) is 3.74. The molecule has 0 bridgehead atoms. The van der Waals surface area contributed by atoms with E-state index < -0.39 is 5.97 Å². The summed E-state index contributed by atoms with van der Waals surface area (Å²) in [6, 6.07) is 6.38. The van der Waals surface area contributed by atoms with Crippen molar-refractivity contribution in [1.29, 1.82) is 0 Å². The number of rotatable bonds is 4. The lowest BCUT2D eigenvalue weighted by Crippen LogP contribution is -2.09. The lowest BCUT2D eigenvalue weighted by atomic mass is 10.2. The summed E-state index contributed by atoms with van der Waals surface area (Å²) in [5.74, 6) is -1.13. The first kappa shape index (κ1) is 13.4. The Labute approximate surface area is 114 Å².